The van der Waals surface area contributed by atoms with E-state index in [4.69, 9.17) is 4.74 Å². The first-order valence-electron chi connectivity index (χ1n) is 11.0. The Bertz CT molecular complexity index is 773. The van der Waals surface area contributed by atoms with Crippen molar-refractivity contribution in [2.75, 3.05) is 39.8 Å². The lowest BCUT2D eigenvalue weighted by atomic mass is 9.76. The van der Waals surface area contributed by atoms with Gasteiger partial charge in [-0.25, -0.2) is 0 Å². The summed E-state index contributed by atoms with van der Waals surface area (Å²) < 4.78 is 5.55. The molecule has 1 aliphatic carbocycles. The fraction of sp³-hybridized carbons (Fsp3) is 0.652. The predicted octanol–water partition coefficient (Wildman–Crippen LogP) is 2.24. The lowest BCUT2D eigenvalue weighted by molar-refractivity contribution is -0.143. The summed E-state index contributed by atoms with van der Waals surface area (Å²) in [7, 11) is 1.69. The maximum atomic E-state index is 13.9. The molecule has 2 amide bonds. The molecule has 1 atom stereocenters. The summed E-state index contributed by atoms with van der Waals surface area (Å²) in [5, 5.41) is 3.14. The molecule has 1 aromatic rings. The maximum Gasteiger partial charge on any atom is 0.236 e. The Morgan fingerprint density at radius 3 is 2.72 bits per heavy atom. The zero-order chi connectivity index (χ0) is 20.4. The van der Waals surface area contributed by atoms with Crippen molar-refractivity contribution in [1.29, 1.82) is 0 Å². The van der Waals surface area contributed by atoms with Gasteiger partial charge in [0.05, 0.1) is 19.1 Å². The fourth-order valence-corrected chi connectivity index (χ4v) is 5.43. The number of nitrogens with zero attached hydrogens (tertiary/aromatic N) is 2. The summed E-state index contributed by atoms with van der Waals surface area (Å²) >= 11 is 0. The Hall–Kier alpha value is -2.08. The van der Waals surface area contributed by atoms with Crippen LogP contribution < -0.4 is 10.1 Å². The highest BCUT2D eigenvalue weighted by Gasteiger charge is 2.46. The van der Waals surface area contributed by atoms with Crippen molar-refractivity contribution in [2.24, 2.45) is 0 Å². The Morgan fingerprint density at radius 1 is 1.21 bits per heavy atom. The molecule has 6 heteroatoms. The molecule has 1 N–H and O–H groups in total. The van der Waals surface area contributed by atoms with Crippen LogP contribution >= 0.6 is 0 Å². The van der Waals surface area contributed by atoms with E-state index in [1.165, 1.54) is 0 Å². The van der Waals surface area contributed by atoms with Gasteiger partial charge in [0.1, 0.15) is 5.75 Å². The van der Waals surface area contributed by atoms with Crippen LogP contribution in [0.2, 0.25) is 0 Å². The lowest BCUT2D eigenvalue weighted by Crippen LogP contribution is -2.59. The number of likely N-dealkylation sites (tertiary alicyclic amines) is 1. The van der Waals surface area contributed by atoms with Gasteiger partial charge >= 0.3 is 0 Å². The monoisotopic (exact) mass is 399 g/mol. The van der Waals surface area contributed by atoms with E-state index in [1.54, 1.807) is 7.11 Å². The minimum atomic E-state index is -0.448. The third-order valence-corrected chi connectivity index (χ3v) is 7.08. The highest BCUT2D eigenvalue weighted by atomic mass is 16.5. The normalized spacial score (nSPS) is 24.6. The van der Waals surface area contributed by atoms with E-state index < -0.39 is 5.41 Å². The number of piperidine rings is 1. The molecule has 1 aromatic carbocycles. The van der Waals surface area contributed by atoms with Gasteiger partial charge in [-0.2, -0.15) is 0 Å². The van der Waals surface area contributed by atoms with Crippen molar-refractivity contribution in [3.8, 4) is 5.75 Å². The second-order valence-electron chi connectivity index (χ2n) is 8.78. The van der Waals surface area contributed by atoms with E-state index in [-0.39, 0.29) is 17.9 Å². The molecule has 3 fully saturated rings. The van der Waals surface area contributed by atoms with Crippen molar-refractivity contribution in [2.45, 2.75) is 56.9 Å². The molecule has 0 bridgehead atoms. The Morgan fingerprint density at radius 2 is 2.00 bits per heavy atom. The molecule has 158 valence electrons. The number of methoxy groups -OCH3 is 1. The van der Waals surface area contributed by atoms with E-state index in [0.717, 1.165) is 75.0 Å². The average molecular weight is 400 g/mol. The number of hydrogen-bond donors (Lipinski definition) is 1. The second kappa shape index (κ2) is 8.34. The van der Waals surface area contributed by atoms with Crippen LogP contribution in [0.15, 0.2) is 18.2 Å². The molecule has 2 heterocycles. The van der Waals surface area contributed by atoms with Crippen LogP contribution in [0.3, 0.4) is 0 Å². The highest BCUT2D eigenvalue weighted by Crippen LogP contribution is 2.44. The van der Waals surface area contributed by atoms with Gasteiger partial charge in [0.2, 0.25) is 11.8 Å². The quantitative estimate of drug-likeness (QED) is 0.844. The van der Waals surface area contributed by atoms with Crippen molar-refractivity contribution >= 4 is 11.8 Å². The number of benzene rings is 1. The van der Waals surface area contributed by atoms with Crippen molar-refractivity contribution in [3.63, 3.8) is 0 Å². The number of rotatable bonds is 4. The zero-order valence-corrected chi connectivity index (χ0v) is 17.7. The molecule has 3 aliphatic rings. The SMILES string of the molecule is COc1cc(C2(C(=O)N3CCCC(N4CCNCC4=O)C3)CCCC2)ccc1C. The first-order chi connectivity index (χ1) is 14.0. The summed E-state index contributed by atoms with van der Waals surface area (Å²) in [6.07, 6.45) is 5.89. The van der Waals surface area contributed by atoms with E-state index in [9.17, 15) is 9.59 Å². The maximum absolute atomic E-state index is 13.9. The number of nitrogens with one attached hydrogen (secondary N) is 1. The smallest absolute Gasteiger partial charge is 0.236 e. The Balaban J connectivity index is 1.58. The molecule has 1 unspecified atom stereocenters. The minimum Gasteiger partial charge on any atom is -0.496 e. The molecule has 2 aliphatic heterocycles. The van der Waals surface area contributed by atoms with E-state index in [2.05, 4.69) is 23.5 Å². The van der Waals surface area contributed by atoms with Gasteiger partial charge in [0.25, 0.3) is 0 Å². The summed E-state index contributed by atoms with van der Waals surface area (Å²) in [6.45, 7) is 5.48. The zero-order valence-electron chi connectivity index (χ0n) is 17.7. The molecule has 0 aromatic heterocycles. The number of aryl methyl sites for hydroxylation is 1. The molecular formula is C23H33N3O3. The topological polar surface area (TPSA) is 61.9 Å². The summed E-state index contributed by atoms with van der Waals surface area (Å²) in [5.74, 6) is 1.26. The second-order valence-corrected chi connectivity index (χ2v) is 8.78. The van der Waals surface area contributed by atoms with Crippen LogP contribution in [-0.2, 0) is 15.0 Å². The highest BCUT2D eigenvalue weighted by molar-refractivity contribution is 5.89. The third-order valence-electron chi connectivity index (χ3n) is 7.08. The summed E-state index contributed by atoms with van der Waals surface area (Å²) in [6, 6.07) is 6.40. The standard InChI is InChI=1S/C23H33N3O3/c1-17-7-8-18(14-20(17)29-2)23(9-3-4-10-23)22(28)25-12-5-6-19(16-25)26-13-11-24-15-21(26)27/h7-8,14,19,24H,3-6,9-13,15-16H2,1-2H3. The van der Waals surface area contributed by atoms with Crippen LogP contribution in [-0.4, -0.2) is 67.5 Å². The fourth-order valence-electron chi connectivity index (χ4n) is 5.43. The first kappa shape index (κ1) is 20.2. The van der Waals surface area contributed by atoms with E-state index in [1.807, 2.05) is 16.7 Å². The van der Waals surface area contributed by atoms with Gasteiger partial charge in [-0.1, -0.05) is 25.0 Å². The largest absolute Gasteiger partial charge is 0.496 e. The molecule has 0 spiro atoms. The Labute approximate surface area is 173 Å². The van der Waals surface area contributed by atoms with Gasteiger partial charge in [0, 0.05) is 32.2 Å². The van der Waals surface area contributed by atoms with Gasteiger partial charge < -0.3 is 19.9 Å². The summed E-state index contributed by atoms with van der Waals surface area (Å²) in [4.78, 5) is 30.3. The number of piperazine rings is 1. The number of hydrogen-bond acceptors (Lipinski definition) is 4. The third kappa shape index (κ3) is 3.75. The molecular weight excluding hydrogens is 366 g/mol. The molecule has 2 saturated heterocycles. The molecule has 4 rings (SSSR count). The number of amides is 2. The van der Waals surface area contributed by atoms with Crippen LogP contribution in [0.25, 0.3) is 0 Å². The van der Waals surface area contributed by atoms with Gasteiger partial charge in [-0.3, -0.25) is 9.59 Å². The Kier molecular flexibility index (Phi) is 5.81. The molecule has 6 nitrogen and oxygen atoms in total. The van der Waals surface area contributed by atoms with Crippen LogP contribution in [0.5, 0.6) is 5.75 Å². The van der Waals surface area contributed by atoms with Crippen molar-refractivity contribution < 1.29 is 14.3 Å². The molecule has 0 radical (unpaired) electrons. The summed E-state index contributed by atoms with van der Waals surface area (Å²) in [5.41, 5.74) is 1.73. The number of carbonyl (C=O) groups is 2. The van der Waals surface area contributed by atoms with Gasteiger partial charge in [0.15, 0.2) is 0 Å². The number of carbonyl (C=O) groups excluding carboxylic acids is 2. The lowest BCUT2D eigenvalue weighted by Gasteiger charge is -2.43. The van der Waals surface area contributed by atoms with E-state index in [0.29, 0.717) is 13.1 Å². The molecule has 29 heavy (non-hydrogen) atoms. The average Bonchev–Trinajstić information content (AvgIpc) is 3.25. The van der Waals surface area contributed by atoms with Gasteiger partial charge in [-0.15, -0.1) is 0 Å². The molecule has 1 saturated carbocycles. The number of ether oxygens (including phenoxy) is 1. The van der Waals surface area contributed by atoms with Gasteiger partial charge in [-0.05, 0) is 49.8 Å². The predicted molar refractivity (Wildman–Crippen MR) is 112 cm³/mol. The van der Waals surface area contributed by atoms with Crippen LogP contribution in [0.4, 0.5) is 0 Å². The first-order valence-corrected chi connectivity index (χ1v) is 11.0. The minimum absolute atomic E-state index is 0.147. The van der Waals surface area contributed by atoms with Crippen LogP contribution in [0, 0.1) is 6.92 Å². The van der Waals surface area contributed by atoms with E-state index >= 15 is 0 Å². The van der Waals surface area contributed by atoms with Crippen LogP contribution in [0.1, 0.15) is 49.7 Å². The van der Waals surface area contributed by atoms with Crippen molar-refractivity contribution in [1.82, 2.24) is 15.1 Å². The van der Waals surface area contributed by atoms with Crippen molar-refractivity contribution in [3.05, 3.63) is 29.3 Å².